The van der Waals surface area contributed by atoms with Crippen molar-refractivity contribution in [1.82, 2.24) is 5.32 Å². The Morgan fingerprint density at radius 3 is 2.67 bits per heavy atom. The molecule has 12 heavy (non-hydrogen) atoms. The molecule has 2 atom stereocenters. The second kappa shape index (κ2) is 7.55. The van der Waals surface area contributed by atoms with Crippen LogP contribution in [0.5, 0.6) is 0 Å². The Balaban J connectivity index is 3.61. The van der Waals surface area contributed by atoms with Crippen molar-refractivity contribution in [2.45, 2.75) is 12.1 Å². The van der Waals surface area contributed by atoms with Crippen LogP contribution in [0.3, 0.4) is 0 Å². The first-order valence-corrected chi connectivity index (χ1v) is 4.14. The number of aliphatic hydroxyl groups is 1. The molecule has 0 aromatic heterocycles. The zero-order valence-electron chi connectivity index (χ0n) is 8.04. The molecular formula is C7H18BNO3. The largest absolute Gasteiger partial charge is 0.394 e. The van der Waals surface area contributed by atoms with Gasteiger partial charge in [0.2, 0.25) is 0 Å². The Morgan fingerprint density at radius 1 is 1.58 bits per heavy atom. The van der Waals surface area contributed by atoms with Gasteiger partial charge in [0.05, 0.1) is 19.3 Å². The van der Waals surface area contributed by atoms with Crippen molar-refractivity contribution in [1.29, 1.82) is 0 Å². The van der Waals surface area contributed by atoms with Gasteiger partial charge in [0.1, 0.15) is 7.85 Å². The molecule has 2 N–H and O–H groups in total. The van der Waals surface area contributed by atoms with Gasteiger partial charge in [0.15, 0.2) is 0 Å². The number of hydrogen-bond acceptors (Lipinski definition) is 4. The number of hydrogen-bond donors (Lipinski definition) is 2. The monoisotopic (exact) mass is 175 g/mol. The molecule has 0 unspecified atom stereocenters. The molecule has 0 radical (unpaired) electrons. The summed E-state index contributed by atoms with van der Waals surface area (Å²) in [5, 5.41) is 11.7. The van der Waals surface area contributed by atoms with Gasteiger partial charge in [-0.1, -0.05) is 0 Å². The van der Waals surface area contributed by atoms with Crippen LogP contribution in [0.25, 0.3) is 0 Å². The van der Waals surface area contributed by atoms with E-state index in [1.165, 1.54) is 0 Å². The van der Waals surface area contributed by atoms with Gasteiger partial charge in [-0.05, 0) is 7.05 Å². The quantitative estimate of drug-likeness (QED) is 0.448. The van der Waals surface area contributed by atoms with E-state index in [0.717, 1.165) is 6.54 Å². The van der Waals surface area contributed by atoms with Crippen LogP contribution in [0.1, 0.15) is 0 Å². The van der Waals surface area contributed by atoms with Crippen molar-refractivity contribution in [3.8, 4) is 0 Å². The molecule has 0 aliphatic carbocycles. The second-order valence-corrected chi connectivity index (χ2v) is 2.76. The Kier molecular flexibility index (Phi) is 7.49. The zero-order chi connectivity index (χ0) is 9.40. The highest BCUT2D eigenvalue weighted by Crippen LogP contribution is 1.95. The van der Waals surface area contributed by atoms with Crippen molar-refractivity contribution in [3.63, 3.8) is 0 Å². The molecule has 0 aliphatic rings. The Labute approximate surface area is 74.7 Å². The fourth-order valence-corrected chi connectivity index (χ4v) is 0.931. The molecule has 0 bridgehead atoms. The molecule has 72 valence electrons. The first kappa shape index (κ1) is 11.9. The summed E-state index contributed by atoms with van der Waals surface area (Å²) in [5.74, 6) is 0. The summed E-state index contributed by atoms with van der Waals surface area (Å²) in [7, 11) is 5.32. The maximum atomic E-state index is 8.73. The summed E-state index contributed by atoms with van der Waals surface area (Å²) in [6.07, 6.45) is 0.0159. The van der Waals surface area contributed by atoms with Crippen molar-refractivity contribution < 1.29 is 14.6 Å². The van der Waals surface area contributed by atoms with Crippen molar-refractivity contribution >= 4 is 7.85 Å². The standard InChI is InChI=1S/C7H18BNO3/c1-9-3-6(5-11-2)12-7(8)4-10/h6-7,9-10H,3-5,8H2,1-2H3/t6-,7-/m1/s1. The molecule has 0 aromatic rings. The third-order valence-corrected chi connectivity index (χ3v) is 1.47. The van der Waals surface area contributed by atoms with Gasteiger partial charge in [0, 0.05) is 19.7 Å². The van der Waals surface area contributed by atoms with Crippen molar-refractivity contribution in [2.75, 3.05) is 33.9 Å². The number of methoxy groups -OCH3 is 1. The lowest BCUT2D eigenvalue weighted by Gasteiger charge is -2.20. The van der Waals surface area contributed by atoms with Crippen LogP contribution in [0.15, 0.2) is 0 Å². The van der Waals surface area contributed by atoms with E-state index in [-0.39, 0.29) is 18.7 Å². The molecule has 0 fully saturated rings. The van der Waals surface area contributed by atoms with E-state index in [4.69, 9.17) is 14.6 Å². The summed E-state index contributed by atoms with van der Waals surface area (Å²) in [6, 6.07) is -0.126. The summed E-state index contributed by atoms with van der Waals surface area (Å²) in [5.41, 5.74) is 0. The summed E-state index contributed by atoms with van der Waals surface area (Å²) in [6.45, 7) is 1.33. The van der Waals surface area contributed by atoms with E-state index in [1.807, 2.05) is 14.9 Å². The fraction of sp³-hybridized carbons (Fsp3) is 1.00. The number of aliphatic hydroxyl groups excluding tert-OH is 1. The minimum Gasteiger partial charge on any atom is -0.394 e. The maximum absolute atomic E-state index is 8.73. The van der Waals surface area contributed by atoms with Crippen LogP contribution in [0, 0.1) is 0 Å². The SMILES string of the molecule is B[C@@H](CO)O[C@H](CNC)COC. The van der Waals surface area contributed by atoms with Crippen molar-refractivity contribution in [3.05, 3.63) is 0 Å². The van der Waals surface area contributed by atoms with Gasteiger partial charge < -0.3 is 19.9 Å². The lowest BCUT2D eigenvalue weighted by atomic mass is 10.0. The van der Waals surface area contributed by atoms with Gasteiger partial charge in [-0.2, -0.15) is 0 Å². The summed E-state index contributed by atoms with van der Waals surface area (Å²) in [4.78, 5) is 0. The predicted molar refractivity (Wildman–Crippen MR) is 50.1 cm³/mol. The van der Waals surface area contributed by atoms with Gasteiger partial charge in [-0.15, -0.1) is 0 Å². The minimum atomic E-state index is -0.126. The highest BCUT2D eigenvalue weighted by Gasteiger charge is 2.11. The second-order valence-electron chi connectivity index (χ2n) is 2.76. The molecule has 0 aliphatic heterocycles. The number of rotatable bonds is 7. The average Bonchev–Trinajstić information content (AvgIpc) is 2.05. The van der Waals surface area contributed by atoms with Crippen LogP contribution in [-0.2, 0) is 9.47 Å². The Bertz CT molecular complexity index is 98.7. The van der Waals surface area contributed by atoms with Crippen LogP contribution in [-0.4, -0.2) is 59.0 Å². The number of ether oxygens (including phenoxy) is 2. The lowest BCUT2D eigenvalue weighted by molar-refractivity contribution is -0.0319. The average molecular weight is 175 g/mol. The molecule has 0 heterocycles. The topological polar surface area (TPSA) is 50.7 Å². The minimum absolute atomic E-state index is 0.0159. The number of likely N-dealkylation sites (N-methyl/N-ethyl adjacent to an activating group) is 1. The third-order valence-electron chi connectivity index (χ3n) is 1.47. The maximum Gasteiger partial charge on any atom is 0.142 e. The fourth-order valence-electron chi connectivity index (χ4n) is 0.931. The molecule has 0 amide bonds. The van der Waals surface area contributed by atoms with Crippen LogP contribution in [0.2, 0.25) is 0 Å². The van der Waals surface area contributed by atoms with E-state index in [1.54, 1.807) is 7.11 Å². The van der Waals surface area contributed by atoms with E-state index >= 15 is 0 Å². The van der Waals surface area contributed by atoms with E-state index in [0.29, 0.717) is 6.61 Å². The zero-order valence-corrected chi connectivity index (χ0v) is 8.04. The summed E-state index contributed by atoms with van der Waals surface area (Å²) < 4.78 is 10.4. The smallest absolute Gasteiger partial charge is 0.142 e. The number of nitrogens with one attached hydrogen (secondary N) is 1. The molecule has 5 heteroatoms. The highest BCUT2D eigenvalue weighted by atomic mass is 16.5. The van der Waals surface area contributed by atoms with Gasteiger partial charge in [-0.25, -0.2) is 0 Å². The highest BCUT2D eigenvalue weighted by molar-refractivity contribution is 6.11. The first-order chi connectivity index (χ1) is 5.74. The van der Waals surface area contributed by atoms with Crippen LogP contribution >= 0.6 is 0 Å². The Morgan fingerprint density at radius 2 is 2.25 bits per heavy atom. The molecule has 0 aromatic carbocycles. The molecule has 0 rings (SSSR count). The van der Waals surface area contributed by atoms with Gasteiger partial charge >= 0.3 is 0 Å². The molecular weight excluding hydrogens is 157 g/mol. The van der Waals surface area contributed by atoms with Gasteiger partial charge in [0.25, 0.3) is 0 Å². The normalized spacial score (nSPS) is 15.9. The summed E-state index contributed by atoms with van der Waals surface area (Å²) >= 11 is 0. The lowest BCUT2D eigenvalue weighted by Crippen LogP contribution is -2.35. The van der Waals surface area contributed by atoms with Crippen LogP contribution < -0.4 is 5.32 Å². The van der Waals surface area contributed by atoms with Crippen LogP contribution in [0.4, 0.5) is 0 Å². The first-order valence-electron chi connectivity index (χ1n) is 4.14. The Hall–Kier alpha value is -0.0951. The van der Waals surface area contributed by atoms with E-state index < -0.39 is 0 Å². The van der Waals surface area contributed by atoms with E-state index in [9.17, 15) is 0 Å². The molecule has 0 saturated carbocycles. The molecule has 0 spiro atoms. The van der Waals surface area contributed by atoms with Crippen molar-refractivity contribution in [2.24, 2.45) is 0 Å². The molecule has 0 saturated heterocycles. The third kappa shape index (κ3) is 5.54. The predicted octanol–water partition coefficient (Wildman–Crippen LogP) is -1.81. The van der Waals surface area contributed by atoms with E-state index in [2.05, 4.69) is 5.32 Å². The molecule has 4 nitrogen and oxygen atoms in total. The van der Waals surface area contributed by atoms with Gasteiger partial charge in [-0.3, -0.25) is 0 Å².